The quantitative estimate of drug-likeness (QED) is 0.259. The van der Waals surface area contributed by atoms with Crippen molar-refractivity contribution in [3.05, 3.63) is 25.3 Å². The zero-order valence-corrected chi connectivity index (χ0v) is 14.2. The van der Waals surface area contributed by atoms with Crippen LogP contribution in [0.15, 0.2) is 25.3 Å². The summed E-state index contributed by atoms with van der Waals surface area (Å²) in [7, 11) is 0. The number of carbonyl (C=O) groups is 1. The fourth-order valence-corrected chi connectivity index (χ4v) is 2.25. The van der Waals surface area contributed by atoms with Gasteiger partial charge in [-0.3, -0.25) is 4.79 Å². The van der Waals surface area contributed by atoms with Gasteiger partial charge in [0.2, 0.25) is 0 Å². The predicted octanol–water partition coefficient (Wildman–Crippen LogP) is 2.49. The lowest BCUT2D eigenvalue weighted by Crippen LogP contribution is -2.31. The van der Waals surface area contributed by atoms with E-state index in [1.807, 2.05) is 0 Å². The number of aliphatic hydroxyl groups is 3. The summed E-state index contributed by atoms with van der Waals surface area (Å²) < 4.78 is 5.34. The second-order valence-electron chi connectivity index (χ2n) is 5.85. The third-order valence-electron chi connectivity index (χ3n) is 3.72. The maximum Gasteiger partial charge on any atom is 0.309 e. The fraction of sp³-hybridized carbons (Fsp3) is 0.722. The summed E-state index contributed by atoms with van der Waals surface area (Å²) >= 11 is 0. The SMILES string of the molecule is C=C[C@@H](O)CC(=O)O[C@H](CCCCCCC)C[C@H](O)[C@H](O)C=C. The van der Waals surface area contributed by atoms with Crippen LogP contribution in [-0.2, 0) is 9.53 Å². The highest BCUT2D eigenvalue weighted by atomic mass is 16.5. The predicted molar refractivity (Wildman–Crippen MR) is 90.9 cm³/mol. The van der Waals surface area contributed by atoms with Gasteiger partial charge in [-0.2, -0.15) is 0 Å². The first-order valence-electron chi connectivity index (χ1n) is 8.43. The third kappa shape index (κ3) is 11.1. The van der Waals surface area contributed by atoms with Crippen LogP contribution in [0.25, 0.3) is 0 Å². The Labute approximate surface area is 139 Å². The normalized spacial score (nSPS) is 16.2. The second-order valence-corrected chi connectivity index (χ2v) is 5.85. The molecule has 0 aliphatic carbocycles. The number of aliphatic hydroxyl groups excluding tert-OH is 3. The van der Waals surface area contributed by atoms with Gasteiger partial charge < -0.3 is 20.1 Å². The van der Waals surface area contributed by atoms with Gasteiger partial charge in [0.15, 0.2) is 0 Å². The van der Waals surface area contributed by atoms with Crippen LogP contribution in [0, 0.1) is 0 Å². The van der Waals surface area contributed by atoms with Crippen molar-refractivity contribution in [2.75, 3.05) is 0 Å². The van der Waals surface area contributed by atoms with E-state index >= 15 is 0 Å². The largest absolute Gasteiger partial charge is 0.462 e. The molecule has 0 unspecified atom stereocenters. The molecular weight excluding hydrogens is 296 g/mol. The van der Waals surface area contributed by atoms with E-state index in [0.717, 1.165) is 25.7 Å². The van der Waals surface area contributed by atoms with E-state index in [1.165, 1.54) is 18.6 Å². The Balaban J connectivity index is 4.43. The van der Waals surface area contributed by atoms with Gasteiger partial charge in [-0.1, -0.05) is 44.8 Å². The number of ether oxygens (including phenoxy) is 1. The maximum atomic E-state index is 11.8. The van der Waals surface area contributed by atoms with E-state index in [-0.39, 0.29) is 12.8 Å². The summed E-state index contributed by atoms with van der Waals surface area (Å²) in [5.41, 5.74) is 0. The van der Waals surface area contributed by atoms with Gasteiger partial charge in [0.25, 0.3) is 0 Å². The van der Waals surface area contributed by atoms with Crippen molar-refractivity contribution < 1.29 is 24.9 Å². The number of hydrogen-bond donors (Lipinski definition) is 3. The molecule has 5 heteroatoms. The van der Waals surface area contributed by atoms with E-state index in [2.05, 4.69) is 20.1 Å². The van der Waals surface area contributed by atoms with Crippen molar-refractivity contribution in [2.45, 2.75) is 82.7 Å². The summed E-state index contributed by atoms with van der Waals surface area (Å²) in [5.74, 6) is -0.531. The molecule has 0 heterocycles. The first-order valence-corrected chi connectivity index (χ1v) is 8.43. The van der Waals surface area contributed by atoms with Crippen LogP contribution < -0.4 is 0 Å². The zero-order valence-electron chi connectivity index (χ0n) is 14.2. The van der Waals surface area contributed by atoms with Crippen LogP contribution in [0.2, 0.25) is 0 Å². The van der Waals surface area contributed by atoms with E-state index in [9.17, 15) is 20.1 Å². The molecule has 0 aliphatic heterocycles. The number of carbonyl (C=O) groups excluding carboxylic acids is 1. The molecule has 0 aromatic heterocycles. The minimum Gasteiger partial charge on any atom is -0.462 e. The molecule has 0 saturated heterocycles. The number of rotatable bonds is 14. The Kier molecular flexibility index (Phi) is 12.6. The van der Waals surface area contributed by atoms with Gasteiger partial charge >= 0.3 is 5.97 Å². The number of hydrogen-bond acceptors (Lipinski definition) is 5. The summed E-state index contributed by atoms with van der Waals surface area (Å²) in [6.45, 7) is 8.99. The molecule has 4 atom stereocenters. The molecule has 0 aromatic rings. The zero-order chi connectivity index (χ0) is 17.7. The van der Waals surface area contributed by atoms with E-state index in [0.29, 0.717) is 6.42 Å². The Morgan fingerprint density at radius 3 is 2.30 bits per heavy atom. The lowest BCUT2D eigenvalue weighted by Gasteiger charge is -2.23. The molecule has 0 radical (unpaired) electrons. The minimum atomic E-state index is -1.05. The smallest absolute Gasteiger partial charge is 0.309 e. The van der Waals surface area contributed by atoms with Crippen molar-refractivity contribution in [3.63, 3.8) is 0 Å². The van der Waals surface area contributed by atoms with Gasteiger partial charge in [0, 0.05) is 6.42 Å². The number of esters is 1. The first kappa shape index (κ1) is 21.8. The van der Waals surface area contributed by atoms with Gasteiger partial charge in [0.05, 0.1) is 24.7 Å². The molecule has 0 aromatic carbocycles. The highest BCUT2D eigenvalue weighted by Crippen LogP contribution is 2.16. The molecule has 0 aliphatic rings. The Hall–Kier alpha value is -1.17. The summed E-state index contributed by atoms with van der Waals surface area (Å²) in [6.07, 6.45) is 5.05. The molecule has 0 rings (SSSR count). The second kappa shape index (κ2) is 13.3. The standard InChI is InChI=1S/C18H32O5/c1-4-7-8-9-10-11-15(13-17(21)16(20)6-3)23-18(22)12-14(19)5-2/h5-6,14-17,19-21H,2-4,7-13H2,1H3/t14-,15-,16-,17+/m1/s1. The van der Waals surface area contributed by atoms with Gasteiger partial charge in [-0.25, -0.2) is 0 Å². The average Bonchev–Trinajstić information content (AvgIpc) is 2.53. The molecule has 3 N–H and O–H groups in total. The van der Waals surface area contributed by atoms with Crippen LogP contribution in [0.5, 0.6) is 0 Å². The van der Waals surface area contributed by atoms with Gasteiger partial charge in [0.1, 0.15) is 6.10 Å². The highest BCUT2D eigenvalue weighted by Gasteiger charge is 2.22. The first-order chi connectivity index (χ1) is 10.9. The lowest BCUT2D eigenvalue weighted by molar-refractivity contribution is -0.153. The summed E-state index contributed by atoms with van der Waals surface area (Å²) in [5, 5.41) is 28.9. The molecule has 5 nitrogen and oxygen atoms in total. The molecule has 134 valence electrons. The van der Waals surface area contributed by atoms with Crippen molar-refractivity contribution in [2.24, 2.45) is 0 Å². The van der Waals surface area contributed by atoms with E-state index in [4.69, 9.17) is 4.74 Å². The molecule has 0 bridgehead atoms. The molecular formula is C18H32O5. The van der Waals surface area contributed by atoms with Crippen LogP contribution >= 0.6 is 0 Å². The topological polar surface area (TPSA) is 87.0 Å². The highest BCUT2D eigenvalue weighted by molar-refractivity contribution is 5.70. The molecule has 0 fully saturated rings. The number of unbranched alkanes of at least 4 members (excludes halogenated alkanes) is 4. The van der Waals surface area contributed by atoms with Crippen molar-refractivity contribution in [3.8, 4) is 0 Å². The lowest BCUT2D eigenvalue weighted by atomic mass is 10.0. The third-order valence-corrected chi connectivity index (χ3v) is 3.72. The van der Waals surface area contributed by atoms with Gasteiger partial charge in [-0.05, 0) is 12.8 Å². The van der Waals surface area contributed by atoms with Crippen molar-refractivity contribution >= 4 is 5.97 Å². The Morgan fingerprint density at radius 1 is 1.09 bits per heavy atom. The monoisotopic (exact) mass is 328 g/mol. The van der Waals surface area contributed by atoms with Crippen LogP contribution in [0.3, 0.4) is 0 Å². The molecule has 0 spiro atoms. The maximum absolute atomic E-state index is 11.8. The van der Waals surface area contributed by atoms with Crippen molar-refractivity contribution in [1.29, 1.82) is 0 Å². The van der Waals surface area contributed by atoms with Gasteiger partial charge in [-0.15, -0.1) is 13.2 Å². The minimum absolute atomic E-state index is 0.150. The van der Waals surface area contributed by atoms with Crippen molar-refractivity contribution in [1.82, 2.24) is 0 Å². The van der Waals surface area contributed by atoms with E-state index in [1.54, 1.807) is 0 Å². The molecule has 0 amide bonds. The van der Waals surface area contributed by atoms with Crippen LogP contribution in [0.1, 0.15) is 58.3 Å². The molecule has 23 heavy (non-hydrogen) atoms. The average molecular weight is 328 g/mol. The van der Waals surface area contributed by atoms with E-state index < -0.39 is 30.4 Å². The fourth-order valence-electron chi connectivity index (χ4n) is 2.25. The summed E-state index contributed by atoms with van der Waals surface area (Å²) in [4.78, 5) is 11.8. The molecule has 0 saturated carbocycles. The Morgan fingerprint density at radius 2 is 1.74 bits per heavy atom. The van der Waals surface area contributed by atoms with Crippen LogP contribution in [0.4, 0.5) is 0 Å². The van der Waals surface area contributed by atoms with Crippen LogP contribution in [-0.4, -0.2) is 45.7 Å². The summed E-state index contributed by atoms with van der Waals surface area (Å²) in [6, 6.07) is 0. The Bertz CT molecular complexity index is 342.